The van der Waals surface area contributed by atoms with E-state index in [0.717, 1.165) is 36.1 Å². The number of piperidine rings is 3. The minimum Gasteiger partial charge on any atom is -1.00 e. The van der Waals surface area contributed by atoms with Crippen LogP contribution in [0.15, 0.2) is 116 Å². The van der Waals surface area contributed by atoms with Gasteiger partial charge < -0.3 is 26.2 Å². The first kappa shape index (κ1) is 27.8. The highest BCUT2D eigenvalue weighted by Crippen LogP contribution is 2.50. The van der Waals surface area contributed by atoms with Gasteiger partial charge in [0.2, 0.25) is 0 Å². The maximum Gasteiger partial charge on any atom is 0.135 e. The maximum absolute atomic E-state index is 6.80. The predicted octanol–water partition coefficient (Wildman–Crippen LogP) is 5.40. The molecule has 8 rings (SSSR count). The van der Waals surface area contributed by atoms with Crippen LogP contribution in [-0.4, -0.2) is 35.2 Å². The van der Waals surface area contributed by atoms with Crippen LogP contribution in [0, 0.1) is 11.8 Å². The van der Waals surface area contributed by atoms with Gasteiger partial charge in [0.25, 0.3) is 0 Å². The first-order valence-corrected chi connectivity index (χ1v) is 14.6. The second kappa shape index (κ2) is 11.5. The number of quaternary nitrogens is 1. The molecular weight excluding hydrogens is 568 g/mol. The summed E-state index contributed by atoms with van der Waals surface area (Å²) in [5.74, 6) is 1.18. The van der Waals surface area contributed by atoms with Gasteiger partial charge in [0.1, 0.15) is 18.7 Å². The Kier molecular flexibility index (Phi) is 7.82. The molecule has 3 aliphatic heterocycles. The standard InChI is InChI=1S/C37H37N2O.BrH/c1-3-21-40-37(33-17-19-38-35-16-10-9-15-32(33)35)36-23-27-18-20-39(36,24-26(27)4-2)25-34-30-13-7-5-11-28(30)22-29-12-6-8-14-31(29)34;/h3-17,19,22,26-27,36-37H,1-2,18,20-21,23-25H2;1H/q+1;/p-1/t26-,27-,36+,37-,39?;/m0./s1. The molecule has 3 saturated heterocycles. The third-order valence-electron chi connectivity index (χ3n) is 9.76. The van der Waals surface area contributed by atoms with E-state index < -0.39 is 0 Å². The summed E-state index contributed by atoms with van der Waals surface area (Å²) in [7, 11) is 0. The summed E-state index contributed by atoms with van der Waals surface area (Å²) in [6, 6.07) is 31.2. The van der Waals surface area contributed by atoms with Crippen LogP contribution in [0.5, 0.6) is 0 Å². The number of benzene rings is 4. The zero-order chi connectivity index (χ0) is 27.1. The van der Waals surface area contributed by atoms with Crippen LogP contribution < -0.4 is 17.0 Å². The van der Waals surface area contributed by atoms with Crippen molar-refractivity contribution in [1.29, 1.82) is 0 Å². The smallest absolute Gasteiger partial charge is 0.135 e. The lowest BCUT2D eigenvalue weighted by Crippen LogP contribution is -3.00. The summed E-state index contributed by atoms with van der Waals surface area (Å²) in [6.45, 7) is 12.1. The molecule has 4 heteroatoms. The van der Waals surface area contributed by atoms with Gasteiger partial charge in [-0.1, -0.05) is 78.9 Å². The van der Waals surface area contributed by atoms with Crippen LogP contribution in [0.2, 0.25) is 0 Å². The molecule has 5 aromatic rings. The molecule has 0 aliphatic carbocycles. The fourth-order valence-electron chi connectivity index (χ4n) is 7.90. The summed E-state index contributed by atoms with van der Waals surface area (Å²) >= 11 is 0. The Morgan fingerprint density at radius 2 is 1.59 bits per heavy atom. The SMILES string of the molecule is C=CCO[C@@H](c1ccnc2ccccc12)[C@H]1C[C@@H]2CC[N+]1(Cc1c3ccccc3cc3ccccc13)C[C@@H]2C=C.[Br-]. The molecular formula is C37H37BrN2O. The van der Waals surface area contributed by atoms with Gasteiger partial charge in [-0.3, -0.25) is 4.98 Å². The van der Waals surface area contributed by atoms with E-state index in [9.17, 15) is 0 Å². The lowest BCUT2D eigenvalue weighted by molar-refractivity contribution is -0.984. The summed E-state index contributed by atoms with van der Waals surface area (Å²) < 4.78 is 7.81. The third kappa shape index (κ3) is 4.82. The quantitative estimate of drug-likeness (QED) is 0.134. The van der Waals surface area contributed by atoms with Crippen LogP contribution in [0.25, 0.3) is 32.4 Å². The summed E-state index contributed by atoms with van der Waals surface area (Å²) in [5.41, 5.74) is 3.74. The van der Waals surface area contributed by atoms with E-state index in [1.54, 1.807) is 0 Å². The second-order valence-corrected chi connectivity index (χ2v) is 11.8. The highest BCUT2D eigenvalue weighted by atomic mass is 79.9. The molecule has 1 aromatic heterocycles. The number of hydrogen-bond acceptors (Lipinski definition) is 2. The molecule has 4 heterocycles. The number of halogens is 1. The molecule has 208 valence electrons. The number of nitrogens with zero attached hydrogens (tertiary/aromatic N) is 2. The number of para-hydroxylation sites is 1. The van der Waals surface area contributed by atoms with Gasteiger partial charge in [-0.15, -0.1) is 13.2 Å². The number of ether oxygens (including phenoxy) is 1. The van der Waals surface area contributed by atoms with E-state index in [1.807, 2.05) is 12.3 Å². The molecule has 4 aromatic carbocycles. The van der Waals surface area contributed by atoms with E-state index in [1.165, 1.54) is 44.5 Å². The molecule has 3 nitrogen and oxygen atoms in total. The molecule has 0 amide bonds. The number of fused-ring (bicyclic) bond motifs is 6. The zero-order valence-corrected chi connectivity index (χ0v) is 25.0. The average molecular weight is 606 g/mol. The van der Waals surface area contributed by atoms with Crippen molar-refractivity contribution in [2.24, 2.45) is 11.8 Å². The summed E-state index contributed by atoms with van der Waals surface area (Å²) in [6.07, 6.45) is 8.41. The largest absolute Gasteiger partial charge is 1.00 e. The van der Waals surface area contributed by atoms with Crippen molar-refractivity contribution in [1.82, 2.24) is 4.98 Å². The minimum absolute atomic E-state index is 0. The first-order chi connectivity index (χ1) is 19.7. The first-order valence-electron chi connectivity index (χ1n) is 14.6. The topological polar surface area (TPSA) is 22.1 Å². The zero-order valence-electron chi connectivity index (χ0n) is 23.5. The second-order valence-electron chi connectivity index (χ2n) is 11.8. The Bertz CT molecular complexity index is 1670. The van der Waals surface area contributed by atoms with Gasteiger partial charge in [0, 0.05) is 35.9 Å². The molecule has 0 saturated carbocycles. The van der Waals surface area contributed by atoms with Crippen molar-refractivity contribution in [3.05, 3.63) is 128 Å². The van der Waals surface area contributed by atoms with Crippen LogP contribution in [0.1, 0.15) is 30.1 Å². The van der Waals surface area contributed by atoms with Crippen molar-refractivity contribution >= 4 is 32.4 Å². The van der Waals surface area contributed by atoms with Crippen LogP contribution in [0.3, 0.4) is 0 Å². The monoisotopic (exact) mass is 604 g/mol. The molecule has 5 atom stereocenters. The molecule has 2 bridgehead atoms. The van der Waals surface area contributed by atoms with Gasteiger partial charge in [-0.2, -0.15) is 0 Å². The Labute approximate surface area is 253 Å². The Hall–Kier alpha value is -3.31. The van der Waals surface area contributed by atoms with Crippen LogP contribution in [0.4, 0.5) is 0 Å². The van der Waals surface area contributed by atoms with E-state index >= 15 is 0 Å². The maximum atomic E-state index is 6.80. The fourth-order valence-corrected chi connectivity index (χ4v) is 7.90. The minimum atomic E-state index is -0.0410. The number of hydrogen-bond donors (Lipinski definition) is 0. The third-order valence-corrected chi connectivity index (χ3v) is 9.76. The van der Waals surface area contributed by atoms with Crippen molar-refractivity contribution in [3.63, 3.8) is 0 Å². The Morgan fingerprint density at radius 3 is 2.29 bits per heavy atom. The Morgan fingerprint density at radius 1 is 0.902 bits per heavy atom. The molecule has 0 radical (unpaired) electrons. The van der Waals surface area contributed by atoms with E-state index in [4.69, 9.17) is 4.74 Å². The predicted molar refractivity (Wildman–Crippen MR) is 166 cm³/mol. The molecule has 0 N–H and O–H groups in total. The molecule has 41 heavy (non-hydrogen) atoms. The van der Waals surface area contributed by atoms with Crippen LogP contribution >= 0.6 is 0 Å². The fraction of sp³-hybridized carbons (Fsp3) is 0.270. The Balaban J connectivity index is 0.00000302. The highest BCUT2D eigenvalue weighted by molar-refractivity contribution is 6.02. The number of pyridine rings is 1. The van der Waals surface area contributed by atoms with E-state index in [0.29, 0.717) is 24.5 Å². The molecule has 3 aliphatic rings. The lowest BCUT2D eigenvalue weighted by atomic mass is 9.70. The van der Waals surface area contributed by atoms with E-state index in [2.05, 4.69) is 109 Å². The van der Waals surface area contributed by atoms with Crippen molar-refractivity contribution < 1.29 is 26.2 Å². The van der Waals surface area contributed by atoms with Gasteiger partial charge >= 0.3 is 0 Å². The van der Waals surface area contributed by atoms with Gasteiger partial charge in [0.15, 0.2) is 0 Å². The van der Waals surface area contributed by atoms with E-state index in [-0.39, 0.29) is 23.1 Å². The highest BCUT2D eigenvalue weighted by Gasteiger charge is 2.54. The summed E-state index contributed by atoms with van der Waals surface area (Å²) in [4.78, 5) is 4.68. The van der Waals surface area contributed by atoms with Gasteiger partial charge in [0.05, 0.1) is 25.2 Å². The average Bonchev–Trinajstić information content (AvgIpc) is 3.01. The van der Waals surface area contributed by atoms with Gasteiger partial charge in [-0.25, -0.2) is 0 Å². The van der Waals surface area contributed by atoms with Crippen molar-refractivity contribution in [3.8, 4) is 0 Å². The van der Waals surface area contributed by atoms with Gasteiger partial charge in [-0.05, 0) is 51.2 Å². The van der Waals surface area contributed by atoms with Crippen molar-refractivity contribution in [2.75, 3.05) is 19.7 Å². The van der Waals surface area contributed by atoms with Crippen molar-refractivity contribution in [2.45, 2.75) is 31.5 Å². The lowest BCUT2D eigenvalue weighted by Gasteiger charge is -2.58. The van der Waals surface area contributed by atoms with Crippen LogP contribution in [-0.2, 0) is 11.3 Å². The normalized spacial score (nSPS) is 24.2. The molecule has 3 fully saturated rings. The number of aromatic nitrogens is 1. The summed E-state index contributed by atoms with van der Waals surface area (Å²) in [5, 5.41) is 6.56. The molecule has 0 spiro atoms. The molecule has 1 unspecified atom stereocenters. The number of rotatable bonds is 8.